The van der Waals surface area contributed by atoms with Crippen LogP contribution in [0.2, 0.25) is 0 Å². The molecule has 1 aromatic carbocycles. The highest BCUT2D eigenvalue weighted by Crippen LogP contribution is 2.52. The number of carbonyl (C=O) groups is 2. The van der Waals surface area contributed by atoms with Crippen molar-refractivity contribution in [3.05, 3.63) is 30.1 Å². The molecule has 2 bridgehead atoms. The van der Waals surface area contributed by atoms with Crippen molar-refractivity contribution in [3.8, 4) is 0 Å². The van der Waals surface area contributed by atoms with Gasteiger partial charge in [0.1, 0.15) is 5.82 Å². The Morgan fingerprint density at radius 2 is 1.70 bits per heavy atom. The van der Waals surface area contributed by atoms with Crippen LogP contribution in [0.25, 0.3) is 0 Å². The first-order chi connectivity index (χ1) is 9.56. The average Bonchev–Trinajstić information content (AvgIpc) is 3.01. The summed E-state index contributed by atoms with van der Waals surface area (Å²) in [4.78, 5) is 23.7. The van der Waals surface area contributed by atoms with Crippen LogP contribution in [-0.4, -0.2) is 17.0 Å². The van der Waals surface area contributed by atoms with Gasteiger partial charge in [0.15, 0.2) is 0 Å². The van der Waals surface area contributed by atoms with Crippen LogP contribution in [-0.2, 0) is 9.59 Å². The zero-order chi connectivity index (χ0) is 14.3. The molecule has 20 heavy (non-hydrogen) atoms. The molecule has 0 unspecified atom stereocenters. The van der Waals surface area contributed by atoms with Crippen LogP contribution >= 0.6 is 0 Å². The topological polar surface area (TPSA) is 66.4 Å². The fourth-order valence-corrected chi connectivity index (χ4v) is 3.78. The van der Waals surface area contributed by atoms with Gasteiger partial charge in [-0.3, -0.25) is 9.59 Å². The molecule has 1 aromatic rings. The molecule has 0 saturated heterocycles. The Kier molecular flexibility index (Phi) is 3.20. The Morgan fingerprint density at radius 1 is 1.10 bits per heavy atom. The van der Waals surface area contributed by atoms with E-state index in [1.54, 1.807) is 0 Å². The van der Waals surface area contributed by atoms with E-state index < -0.39 is 17.8 Å². The van der Waals surface area contributed by atoms with E-state index >= 15 is 0 Å². The number of halogens is 1. The number of anilines is 1. The Bertz CT molecular complexity index is 543. The van der Waals surface area contributed by atoms with E-state index in [4.69, 9.17) is 0 Å². The maximum atomic E-state index is 12.8. The van der Waals surface area contributed by atoms with Crippen LogP contribution in [0.1, 0.15) is 19.3 Å². The van der Waals surface area contributed by atoms with Crippen molar-refractivity contribution in [1.29, 1.82) is 0 Å². The van der Waals surface area contributed by atoms with Gasteiger partial charge in [-0.1, -0.05) is 0 Å². The number of carbonyl (C=O) groups excluding carboxylic acids is 1. The van der Waals surface area contributed by atoms with Crippen molar-refractivity contribution >= 4 is 17.6 Å². The molecule has 0 aromatic heterocycles. The fraction of sp³-hybridized carbons (Fsp3) is 0.467. The smallest absolute Gasteiger partial charge is 0.307 e. The van der Waals surface area contributed by atoms with E-state index in [1.807, 2.05) is 0 Å². The summed E-state index contributed by atoms with van der Waals surface area (Å²) in [6.07, 6.45) is 2.66. The molecule has 0 radical (unpaired) electrons. The highest BCUT2D eigenvalue weighted by molar-refractivity contribution is 5.95. The number of nitrogens with one attached hydrogen (secondary N) is 1. The summed E-state index contributed by atoms with van der Waals surface area (Å²) in [6.45, 7) is 0. The first-order valence-corrected chi connectivity index (χ1v) is 6.85. The highest BCUT2D eigenvalue weighted by atomic mass is 19.1. The third-order valence-corrected chi connectivity index (χ3v) is 4.62. The Morgan fingerprint density at radius 3 is 2.30 bits per heavy atom. The molecule has 1 amide bonds. The second-order valence-electron chi connectivity index (χ2n) is 5.72. The molecule has 2 aliphatic rings. The van der Waals surface area contributed by atoms with Crippen molar-refractivity contribution in [1.82, 2.24) is 0 Å². The molecule has 2 fully saturated rings. The molecule has 3 rings (SSSR count). The van der Waals surface area contributed by atoms with Crippen molar-refractivity contribution < 1.29 is 19.1 Å². The largest absolute Gasteiger partial charge is 0.481 e. The number of hydrogen-bond donors (Lipinski definition) is 2. The summed E-state index contributed by atoms with van der Waals surface area (Å²) in [7, 11) is 0. The van der Waals surface area contributed by atoms with E-state index in [-0.39, 0.29) is 23.6 Å². The fourth-order valence-electron chi connectivity index (χ4n) is 3.78. The third kappa shape index (κ3) is 2.17. The van der Waals surface area contributed by atoms with Gasteiger partial charge in [0.25, 0.3) is 0 Å². The lowest BCUT2D eigenvalue weighted by Gasteiger charge is -2.27. The van der Waals surface area contributed by atoms with Crippen molar-refractivity contribution in [2.45, 2.75) is 19.3 Å². The molecule has 4 nitrogen and oxygen atoms in total. The second-order valence-corrected chi connectivity index (χ2v) is 5.72. The zero-order valence-corrected chi connectivity index (χ0v) is 10.9. The number of benzene rings is 1. The van der Waals surface area contributed by atoms with E-state index in [0.717, 1.165) is 19.3 Å². The first kappa shape index (κ1) is 13.1. The molecular formula is C15H16FNO3. The summed E-state index contributed by atoms with van der Waals surface area (Å²) in [5, 5.41) is 12.0. The lowest BCUT2D eigenvalue weighted by molar-refractivity contribution is -0.148. The number of hydrogen-bond acceptors (Lipinski definition) is 2. The molecule has 2 aliphatic carbocycles. The van der Waals surface area contributed by atoms with Crippen LogP contribution in [0.5, 0.6) is 0 Å². The lowest BCUT2D eigenvalue weighted by atomic mass is 9.78. The molecular weight excluding hydrogens is 261 g/mol. The quantitative estimate of drug-likeness (QED) is 0.892. The van der Waals surface area contributed by atoms with Gasteiger partial charge in [0, 0.05) is 5.69 Å². The minimum Gasteiger partial charge on any atom is -0.481 e. The summed E-state index contributed by atoms with van der Waals surface area (Å²) >= 11 is 0. The number of rotatable bonds is 3. The van der Waals surface area contributed by atoms with Gasteiger partial charge in [-0.15, -0.1) is 0 Å². The van der Waals surface area contributed by atoms with Gasteiger partial charge in [0.05, 0.1) is 11.8 Å². The second kappa shape index (κ2) is 4.89. The highest BCUT2D eigenvalue weighted by Gasteiger charge is 2.53. The van der Waals surface area contributed by atoms with Crippen molar-refractivity contribution in [2.24, 2.45) is 23.7 Å². The Labute approximate surface area is 116 Å². The molecule has 0 spiro atoms. The van der Waals surface area contributed by atoms with Gasteiger partial charge in [-0.2, -0.15) is 0 Å². The summed E-state index contributed by atoms with van der Waals surface area (Å²) in [5.74, 6) is -2.24. The zero-order valence-electron chi connectivity index (χ0n) is 10.9. The van der Waals surface area contributed by atoms with Crippen LogP contribution in [0.3, 0.4) is 0 Å². The molecule has 5 heteroatoms. The third-order valence-electron chi connectivity index (χ3n) is 4.62. The summed E-state index contributed by atoms with van der Waals surface area (Å²) < 4.78 is 12.8. The van der Waals surface area contributed by atoms with Crippen LogP contribution in [0.15, 0.2) is 24.3 Å². The molecule has 2 saturated carbocycles. The normalized spacial score (nSPS) is 31.2. The monoisotopic (exact) mass is 277 g/mol. The van der Waals surface area contributed by atoms with E-state index in [1.165, 1.54) is 24.3 Å². The average molecular weight is 277 g/mol. The van der Waals surface area contributed by atoms with E-state index in [0.29, 0.717) is 5.69 Å². The lowest BCUT2D eigenvalue weighted by Crippen LogP contribution is -2.37. The standard InChI is InChI=1S/C15H16FNO3/c16-10-3-5-11(6-4-10)17-14(18)12-8-1-2-9(7-8)13(12)15(19)20/h3-6,8-9,12-13H,1-2,7H2,(H,17,18)(H,19,20)/t8-,9+,12+,13+/m1/s1. The number of carboxylic acids is 1. The SMILES string of the molecule is O=C(O)[C@H]1[C@H]2CC[C@H](C2)[C@@H]1C(=O)Nc1ccc(F)cc1. The van der Waals surface area contributed by atoms with Crippen molar-refractivity contribution in [2.75, 3.05) is 5.32 Å². The minimum absolute atomic E-state index is 0.126. The van der Waals surface area contributed by atoms with Crippen molar-refractivity contribution in [3.63, 3.8) is 0 Å². The summed E-state index contributed by atoms with van der Waals surface area (Å²) in [6, 6.07) is 5.50. The van der Waals surface area contributed by atoms with Gasteiger partial charge in [-0.25, -0.2) is 4.39 Å². The molecule has 0 aliphatic heterocycles. The Balaban J connectivity index is 1.76. The van der Waals surface area contributed by atoms with Gasteiger partial charge >= 0.3 is 5.97 Å². The van der Waals surface area contributed by atoms with Crippen LogP contribution < -0.4 is 5.32 Å². The number of aliphatic carboxylic acids is 1. The maximum Gasteiger partial charge on any atom is 0.307 e. The molecule has 0 heterocycles. The maximum absolute atomic E-state index is 12.8. The van der Waals surface area contributed by atoms with E-state index in [2.05, 4.69) is 5.32 Å². The number of amides is 1. The van der Waals surface area contributed by atoms with Crippen LogP contribution in [0.4, 0.5) is 10.1 Å². The van der Waals surface area contributed by atoms with E-state index in [9.17, 15) is 19.1 Å². The minimum atomic E-state index is -0.878. The van der Waals surface area contributed by atoms with Gasteiger partial charge < -0.3 is 10.4 Å². The van der Waals surface area contributed by atoms with Crippen LogP contribution in [0, 0.1) is 29.5 Å². The first-order valence-electron chi connectivity index (χ1n) is 6.85. The number of fused-ring (bicyclic) bond motifs is 2. The molecule has 106 valence electrons. The Hall–Kier alpha value is -1.91. The van der Waals surface area contributed by atoms with Gasteiger partial charge in [-0.05, 0) is 55.4 Å². The predicted octanol–water partition coefficient (Wildman–Crippen LogP) is 2.51. The summed E-state index contributed by atoms with van der Waals surface area (Å²) in [5.41, 5.74) is 0.503. The number of carboxylic acid groups (broad SMARTS) is 1. The molecule has 2 N–H and O–H groups in total. The van der Waals surface area contributed by atoms with Gasteiger partial charge in [0.2, 0.25) is 5.91 Å². The predicted molar refractivity (Wildman–Crippen MR) is 70.5 cm³/mol. The molecule has 4 atom stereocenters.